The van der Waals surface area contributed by atoms with E-state index in [-0.39, 0.29) is 30.3 Å². The summed E-state index contributed by atoms with van der Waals surface area (Å²) in [5, 5.41) is 3.28. The Kier molecular flexibility index (Phi) is 9.12. The summed E-state index contributed by atoms with van der Waals surface area (Å²) in [6, 6.07) is 15.8. The summed E-state index contributed by atoms with van der Waals surface area (Å²) >= 11 is 0. The van der Waals surface area contributed by atoms with E-state index in [1.807, 2.05) is 42.5 Å². The second kappa shape index (κ2) is 12.5. The van der Waals surface area contributed by atoms with E-state index in [2.05, 4.69) is 32.2 Å². The largest absolute Gasteiger partial charge is 0.445 e. The smallest absolute Gasteiger partial charge is 0.415 e. The van der Waals surface area contributed by atoms with Gasteiger partial charge < -0.3 is 19.7 Å². The second-order valence-corrected chi connectivity index (χ2v) is 10.8. The van der Waals surface area contributed by atoms with E-state index in [9.17, 15) is 9.59 Å². The van der Waals surface area contributed by atoms with Crippen molar-refractivity contribution in [2.24, 2.45) is 5.92 Å². The number of carbonyl (C=O) groups excluding carboxylic acids is 2. The Morgan fingerprint density at radius 3 is 2.51 bits per heavy atom. The Balaban J connectivity index is 1.55. The lowest BCUT2D eigenvalue weighted by molar-refractivity contribution is 0.110. The van der Waals surface area contributed by atoms with Gasteiger partial charge in [-0.1, -0.05) is 76.4 Å². The fourth-order valence-corrected chi connectivity index (χ4v) is 6.22. The van der Waals surface area contributed by atoms with Crippen molar-refractivity contribution in [1.29, 1.82) is 0 Å². The van der Waals surface area contributed by atoms with Crippen molar-refractivity contribution in [3.8, 4) is 5.75 Å². The van der Waals surface area contributed by atoms with Crippen LogP contribution in [0.1, 0.15) is 82.4 Å². The molecule has 0 spiro atoms. The highest BCUT2D eigenvalue weighted by molar-refractivity contribution is 5.71. The van der Waals surface area contributed by atoms with Gasteiger partial charge in [-0.3, -0.25) is 0 Å². The lowest BCUT2D eigenvalue weighted by Gasteiger charge is -2.49. The number of hydrogen-bond donors (Lipinski definition) is 1. The van der Waals surface area contributed by atoms with Gasteiger partial charge in [-0.2, -0.15) is 0 Å². The van der Waals surface area contributed by atoms with Gasteiger partial charge in [-0.05, 0) is 66.8 Å². The lowest BCUT2D eigenvalue weighted by Crippen LogP contribution is -2.57. The minimum atomic E-state index is -0.369. The highest BCUT2D eigenvalue weighted by atomic mass is 16.6. The van der Waals surface area contributed by atoms with Crippen molar-refractivity contribution < 1.29 is 19.1 Å². The zero-order valence-electron chi connectivity index (χ0n) is 22.6. The van der Waals surface area contributed by atoms with E-state index in [4.69, 9.17) is 9.47 Å². The predicted molar refractivity (Wildman–Crippen MR) is 146 cm³/mol. The topological polar surface area (TPSA) is 67.9 Å². The molecule has 0 unspecified atom stereocenters. The molecule has 0 aliphatic heterocycles. The predicted octanol–water partition coefficient (Wildman–Crippen LogP) is 7.00. The third kappa shape index (κ3) is 6.46. The van der Waals surface area contributed by atoms with Crippen molar-refractivity contribution >= 4 is 12.2 Å². The second-order valence-electron chi connectivity index (χ2n) is 10.8. The van der Waals surface area contributed by atoms with Gasteiger partial charge >= 0.3 is 12.2 Å². The maximum absolute atomic E-state index is 13.0. The molecule has 6 nitrogen and oxygen atoms in total. The number of fused-ring (bicyclic) bond motifs is 4. The van der Waals surface area contributed by atoms with Crippen molar-refractivity contribution in [3.63, 3.8) is 0 Å². The third-order valence-corrected chi connectivity index (χ3v) is 8.04. The fraction of sp³-hybridized carbons (Fsp3) is 0.548. The zero-order chi connectivity index (χ0) is 26.3. The van der Waals surface area contributed by atoms with Crippen molar-refractivity contribution in [2.75, 3.05) is 13.1 Å². The van der Waals surface area contributed by atoms with E-state index >= 15 is 0 Å². The molecule has 1 fully saturated rings. The molecule has 2 aliphatic rings. The molecular formula is C31H42N2O4. The highest BCUT2D eigenvalue weighted by Crippen LogP contribution is 2.47. The van der Waals surface area contributed by atoms with Crippen LogP contribution in [0.3, 0.4) is 0 Å². The molecule has 0 saturated heterocycles. The van der Waals surface area contributed by atoms with Crippen LogP contribution in [0, 0.1) is 5.92 Å². The maximum Gasteiger partial charge on any atom is 0.415 e. The van der Waals surface area contributed by atoms with Gasteiger partial charge in [-0.15, -0.1) is 0 Å². The number of benzene rings is 2. The molecule has 1 saturated carbocycles. The SMILES string of the molecule is CCCN(CCC)C(=O)Oc1ccc2c(c1)[C@@]1(C)CCCCC[C@@H](C2)[C@@H]1NC(=O)OCc1ccccc1. The average Bonchev–Trinajstić information content (AvgIpc) is 2.90. The molecule has 0 heterocycles. The normalized spacial score (nSPS) is 22.7. The van der Waals surface area contributed by atoms with Crippen LogP contribution in [-0.2, 0) is 23.2 Å². The van der Waals surface area contributed by atoms with Gasteiger partial charge in [0, 0.05) is 24.5 Å². The van der Waals surface area contributed by atoms with E-state index in [0.29, 0.717) is 24.8 Å². The quantitative estimate of drug-likeness (QED) is 0.419. The van der Waals surface area contributed by atoms with Crippen LogP contribution >= 0.6 is 0 Å². The molecule has 2 aromatic rings. The van der Waals surface area contributed by atoms with Gasteiger partial charge in [0.05, 0.1) is 0 Å². The lowest BCUT2D eigenvalue weighted by atomic mass is 9.59. The van der Waals surface area contributed by atoms with Crippen molar-refractivity contribution in [3.05, 3.63) is 65.2 Å². The fourth-order valence-electron chi connectivity index (χ4n) is 6.22. The number of alkyl carbamates (subject to hydrolysis) is 1. The minimum absolute atomic E-state index is 0.0359. The number of ether oxygens (including phenoxy) is 2. The molecule has 2 aromatic carbocycles. The van der Waals surface area contributed by atoms with Gasteiger partial charge in [0.25, 0.3) is 0 Å². The molecule has 6 heteroatoms. The van der Waals surface area contributed by atoms with Crippen molar-refractivity contribution in [2.45, 2.75) is 90.2 Å². The van der Waals surface area contributed by atoms with Crippen molar-refractivity contribution in [1.82, 2.24) is 10.2 Å². The average molecular weight is 507 g/mol. The summed E-state index contributed by atoms with van der Waals surface area (Å²) in [6.45, 7) is 8.03. The summed E-state index contributed by atoms with van der Waals surface area (Å²) < 4.78 is 11.5. The number of hydrogen-bond acceptors (Lipinski definition) is 4. The molecule has 2 aliphatic carbocycles. The number of amides is 2. The summed E-state index contributed by atoms with van der Waals surface area (Å²) in [5.41, 5.74) is 3.18. The minimum Gasteiger partial charge on any atom is -0.445 e. The molecular weight excluding hydrogens is 464 g/mol. The van der Waals surface area contributed by atoms with Crippen LogP contribution in [0.5, 0.6) is 5.75 Å². The van der Waals surface area contributed by atoms with E-state index in [0.717, 1.165) is 44.1 Å². The van der Waals surface area contributed by atoms with Crippen LogP contribution in [0.2, 0.25) is 0 Å². The number of rotatable bonds is 8. The molecule has 3 atom stereocenters. The molecule has 200 valence electrons. The maximum atomic E-state index is 13.0. The summed E-state index contributed by atoms with van der Waals surface area (Å²) in [6.07, 6.45) is 7.56. The Morgan fingerprint density at radius 2 is 1.78 bits per heavy atom. The molecule has 4 rings (SSSR count). The molecule has 2 amide bonds. The monoisotopic (exact) mass is 506 g/mol. The number of carbonyl (C=O) groups is 2. The number of nitrogens with zero attached hydrogens (tertiary/aromatic N) is 1. The van der Waals surface area contributed by atoms with Crippen LogP contribution < -0.4 is 10.1 Å². The third-order valence-electron chi connectivity index (χ3n) is 8.04. The first-order chi connectivity index (χ1) is 17.9. The van der Waals surface area contributed by atoms with Crippen LogP contribution in [0.25, 0.3) is 0 Å². The Labute approximate surface area is 221 Å². The summed E-state index contributed by atoms with van der Waals surface area (Å²) in [4.78, 5) is 27.6. The summed E-state index contributed by atoms with van der Waals surface area (Å²) in [7, 11) is 0. The zero-order valence-corrected chi connectivity index (χ0v) is 22.6. The Bertz CT molecular complexity index is 1050. The van der Waals surface area contributed by atoms with Crippen LogP contribution in [0.4, 0.5) is 9.59 Å². The first-order valence-electron chi connectivity index (χ1n) is 14.0. The first-order valence-corrected chi connectivity index (χ1v) is 14.0. The Morgan fingerprint density at radius 1 is 1.03 bits per heavy atom. The van der Waals surface area contributed by atoms with E-state index < -0.39 is 0 Å². The van der Waals surface area contributed by atoms with Gasteiger partial charge in [0.2, 0.25) is 0 Å². The molecule has 0 aromatic heterocycles. The highest BCUT2D eigenvalue weighted by Gasteiger charge is 2.47. The first kappa shape index (κ1) is 27.0. The molecule has 2 bridgehead atoms. The van der Waals surface area contributed by atoms with E-state index in [1.165, 1.54) is 24.0 Å². The van der Waals surface area contributed by atoms with Gasteiger partial charge in [-0.25, -0.2) is 9.59 Å². The van der Waals surface area contributed by atoms with Crippen LogP contribution in [-0.4, -0.2) is 36.2 Å². The standard InChI is InChI=1S/C31H42N2O4/c1-4-18-33(19-5-2)30(35)37-26-16-15-24-20-25-14-10-7-11-17-31(3,27(24)21-26)28(25)32-29(34)36-22-23-12-8-6-9-13-23/h6,8-9,12-13,15-16,21,25,28H,4-5,7,10-11,14,17-20,22H2,1-3H3,(H,32,34)/t25-,28-,31+/m0/s1. The summed E-state index contributed by atoms with van der Waals surface area (Å²) in [5.74, 6) is 0.924. The van der Waals surface area contributed by atoms with Gasteiger partial charge in [0.1, 0.15) is 12.4 Å². The number of nitrogens with one attached hydrogen (secondary N) is 1. The molecule has 37 heavy (non-hydrogen) atoms. The Hall–Kier alpha value is -3.02. The van der Waals surface area contributed by atoms with Crippen LogP contribution in [0.15, 0.2) is 48.5 Å². The molecule has 1 N–H and O–H groups in total. The van der Waals surface area contributed by atoms with E-state index in [1.54, 1.807) is 4.90 Å². The van der Waals surface area contributed by atoms with Gasteiger partial charge in [0.15, 0.2) is 0 Å². The molecule has 0 radical (unpaired) electrons.